The summed E-state index contributed by atoms with van der Waals surface area (Å²) in [5, 5.41) is 15.5. The SMILES string of the molecule is C#Cc1ccc(C(C(=O)Nc2ccc(OC)cc2)N(CCCCCCCC)C(=O)C(CO)NC(=O)OC(C)(C)C)cc1. The molecule has 42 heavy (non-hydrogen) atoms. The molecular weight excluding hydrogens is 534 g/mol. The number of methoxy groups -OCH3 is 1. The normalized spacial score (nSPS) is 12.4. The molecule has 9 nitrogen and oxygen atoms in total. The number of nitrogens with one attached hydrogen (secondary N) is 2. The summed E-state index contributed by atoms with van der Waals surface area (Å²) in [5.41, 5.74) is 0.879. The van der Waals surface area contributed by atoms with Crippen LogP contribution in [0.1, 0.15) is 83.4 Å². The predicted octanol–water partition coefficient (Wildman–Crippen LogP) is 5.43. The Labute approximate surface area is 250 Å². The molecule has 2 unspecified atom stereocenters. The van der Waals surface area contributed by atoms with Crippen molar-refractivity contribution >= 4 is 23.6 Å². The minimum Gasteiger partial charge on any atom is -0.497 e. The summed E-state index contributed by atoms with van der Waals surface area (Å²) in [6, 6.07) is 11.3. The number of amides is 3. The number of unbranched alkanes of at least 4 members (excludes halogenated alkanes) is 5. The second-order valence-corrected chi connectivity index (χ2v) is 11.1. The van der Waals surface area contributed by atoms with Crippen molar-refractivity contribution in [3.63, 3.8) is 0 Å². The highest BCUT2D eigenvalue weighted by atomic mass is 16.6. The number of aliphatic hydroxyl groups excluding tert-OH is 1. The number of anilines is 1. The van der Waals surface area contributed by atoms with Gasteiger partial charge in [-0.1, -0.05) is 57.1 Å². The number of nitrogens with zero attached hydrogens (tertiary/aromatic N) is 1. The molecule has 3 amide bonds. The molecule has 0 aliphatic carbocycles. The van der Waals surface area contributed by atoms with Gasteiger partial charge in [0.1, 0.15) is 23.4 Å². The second-order valence-electron chi connectivity index (χ2n) is 11.1. The molecule has 0 bridgehead atoms. The van der Waals surface area contributed by atoms with Crippen LogP contribution in [0.3, 0.4) is 0 Å². The number of aliphatic hydroxyl groups is 1. The molecule has 0 spiro atoms. The summed E-state index contributed by atoms with van der Waals surface area (Å²) in [5.74, 6) is 2.14. The number of rotatable bonds is 15. The van der Waals surface area contributed by atoms with E-state index in [2.05, 4.69) is 23.5 Å². The van der Waals surface area contributed by atoms with E-state index in [9.17, 15) is 19.5 Å². The number of hydrogen-bond acceptors (Lipinski definition) is 6. The fraction of sp³-hybridized carbons (Fsp3) is 0.485. The lowest BCUT2D eigenvalue weighted by Crippen LogP contribution is -2.54. The van der Waals surface area contributed by atoms with Crippen molar-refractivity contribution in [2.24, 2.45) is 0 Å². The lowest BCUT2D eigenvalue weighted by Gasteiger charge is -2.34. The van der Waals surface area contributed by atoms with Gasteiger partial charge < -0.3 is 30.1 Å². The molecule has 228 valence electrons. The number of terminal acetylenes is 1. The molecule has 0 aliphatic rings. The van der Waals surface area contributed by atoms with E-state index in [1.54, 1.807) is 76.4 Å². The van der Waals surface area contributed by atoms with Gasteiger partial charge in [-0.3, -0.25) is 9.59 Å². The van der Waals surface area contributed by atoms with Crippen molar-refractivity contribution in [3.8, 4) is 18.1 Å². The number of hydrogen-bond donors (Lipinski definition) is 3. The largest absolute Gasteiger partial charge is 0.497 e. The average Bonchev–Trinajstić information content (AvgIpc) is 2.96. The Morgan fingerprint density at radius 3 is 2.14 bits per heavy atom. The molecule has 0 saturated heterocycles. The van der Waals surface area contributed by atoms with Crippen LogP contribution in [-0.4, -0.2) is 59.8 Å². The van der Waals surface area contributed by atoms with Crippen molar-refractivity contribution in [2.75, 3.05) is 25.6 Å². The first-order valence-corrected chi connectivity index (χ1v) is 14.4. The smallest absolute Gasteiger partial charge is 0.408 e. The van der Waals surface area contributed by atoms with Gasteiger partial charge in [0, 0.05) is 17.8 Å². The molecule has 2 aromatic rings. The Bertz CT molecular complexity index is 1180. The Kier molecular flexibility index (Phi) is 13.9. The molecule has 0 aliphatic heterocycles. The number of carbonyl (C=O) groups excluding carboxylic acids is 3. The molecule has 2 atom stereocenters. The lowest BCUT2D eigenvalue weighted by molar-refractivity contribution is -0.141. The van der Waals surface area contributed by atoms with Gasteiger partial charge in [0.05, 0.1) is 13.7 Å². The van der Waals surface area contributed by atoms with Gasteiger partial charge >= 0.3 is 6.09 Å². The number of benzene rings is 2. The summed E-state index contributed by atoms with van der Waals surface area (Å²) in [6.45, 7) is 6.80. The van der Waals surface area contributed by atoms with Crippen LogP contribution in [0.4, 0.5) is 10.5 Å². The zero-order valence-electron chi connectivity index (χ0n) is 25.4. The van der Waals surface area contributed by atoms with Gasteiger partial charge in [-0.05, 0) is 69.2 Å². The maximum Gasteiger partial charge on any atom is 0.408 e. The third-order valence-electron chi connectivity index (χ3n) is 6.52. The molecule has 0 fully saturated rings. The first kappa shape index (κ1) is 34.2. The number of carbonyl (C=O) groups is 3. The molecule has 3 N–H and O–H groups in total. The predicted molar refractivity (Wildman–Crippen MR) is 164 cm³/mol. The number of ether oxygens (including phenoxy) is 2. The van der Waals surface area contributed by atoms with Gasteiger partial charge in [-0.15, -0.1) is 6.42 Å². The summed E-state index contributed by atoms with van der Waals surface area (Å²) < 4.78 is 10.5. The van der Waals surface area contributed by atoms with E-state index < -0.39 is 42.2 Å². The maximum atomic E-state index is 14.0. The van der Waals surface area contributed by atoms with Crippen LogP contribution in [0.5, 0.6) is 5.75 Å². The van der Waals surface area contributed by atoms with Gasteiger partial charge in [0.2, 0.25) is 5.91 Å². The van der Waals surface area contributed by atoms with E-state index in [0.717, 1.165) is 32.1 Å². The third-order valence-corrected chi connectivity index (χ3v) is 6.52. The van der Waals surface area contributed by atoms with Gasteiger partial charge in [0.15, 0.2) is 0 Å². The van der Waals surface area contributed by atoms with Crippen molar-refractivity contribution in [2.45, 2.75) is 83.9 Å². The monoisotopic (exact) mass is 579 g/mol. The Morgan fingerprint density at radius 1 is 0.976 bits per heavy atom. The van der Waals surface area contributed by atoms with E-state index in [0.29, 0.717) is 29.0 Å². The summed E-state index contributed by atoms with van der Waals surface area (Å²) in [4.78, 5) is 41.8. The van der Waals surface area contributed by atoms with Crippen molar-refractivity contribution in [1.82, 2.24) is 10.2 Å². The van der Waals surface area contributed by atoms with E-state index in [1.165, 1.54) is 4.90 Å². The van der Waals surface area contributed by atoms with Crippen LogP contribution in [0.2, 0.25) is 0 Å². The van der Waals surface area contributed by atoms with Crippen LogP contribution < -0.4 is 15.4 Å². The van der Waals surface area contributed by atoms with E-state index in [-0.39, 0.29) is 6.54 Å². The van der Waals surface area contributed by atoms with E-state index in [1.807, 2.05) is 0 Å². The Morgan fingerprint density at radius 2 is 1.60 bits per heavy atom. The maximum absolute atomic E-state index is 14.0. The molecule has 0 radical (unpaired) electrons. The zero-order valence-corrected chi connectivity index (χ0v) is 25.4. The first-order chi connectivity index (χ1) is 20.0. The highest BCUT2D eigenvalue weighted by Gasteiger charge is 2.36. The molecule has 2 aromatic carbocycles. The van der Waals surface area contributed by atoms with Crippen molar-refractivity contribution in [3.05, 3.63) is 59.7 Å². The van der Waals surface area contributed by atoms with E-state index in [4.69, 9.17) is 15.9 Å². The summed E-state index contributed by atoms with van der Waals surface area (Å²) in [6.07, 6.45) is 10.5. The molecule has 9 heteroatoms. The fourth-order valence-corrected chi connectivity index (χ4v) is 4.38. The standard InChI is InChI=1S/C33H45N3O6/c1-7-9-10-11-12-13-22-36(31(39)28(23-37)35-32(40)42-33(3,4)5)29(25-16-14-24(8-2)15-17-25)30(38)34-26-18-20-27(41-6)21-19-26/h2,14-21,28-29,37H,7,9-13,22-23H2,1,3-6H3,(H,34,38)(H,35,40). The fourth-order valence-electron chi connectivity index (χ4n) is 4.38. The average molecular weight is 580 g/mol. The minimum atomic E-state index is -1.32. The highest BCUT2D eigenvalue weighted by Crippen LogP contribution is 2.26. The van der Waals surface area contributed by atoms with Crippen LogP contribution in [0.15, 0.2) is 48.5 Å². The van der Waals surface area contributed by atoms with Crippen LogP contribution in [0.25, 0.3) is 0 Å². The van der Waals surface area contributed by atoms with Gasteiger partial charge in [0.25, 0.3) is 5.91 Å². The molecule has 0 saturated carbocycles. The highest BCUT2D eigenvalue weighted by molar-refractivity contribution is 5.99. The summed E-state index contributed by atoms with van der Waals surface area (Å²) in [7, 11) is 1.55. The van der Waals surface area contributed by atoms with Crippen LogP contribution >= 0.6 is 0 Å². The Balaban J connectivity index is 2.46. The topological polar surface area (TPSA) is 117 Å². The molecular formula is C33H45N3O6. The van der Waals surface area contributed by atoms with Crippen LogP contribution in [-0.2, 0) is 14.3 Å². The lowest BCUT2D eigenvalue weighted by atomic mass is 10.0. The van der Waals surface area contributed by atoms with E-state index >= 15 is 0 Å². The zero-order chi connectivity index (χ0) is 31.1. The molecule has 0 aromatic heterocycles. The quantitative estimate of drug-likeness (QED) is 0.191. The number of alkyl carbamates (subject to hydrolysis) is 1. The second kappa shape index (κ2) is 17.0. The third kappa shape index (κ3) is 11.1. The molecule has 0 heterocycles. The first-order valence-electron chi connectivity index (χ1n) is 14.4. The van der Waals surface area contributed by atoms with Gasteiger partial charge in [-0.2, -0.15) is 0 Å². The van der Waals surface area contributed by atoms with Crippen molar-refractivity contribution in [1.29, 1.82) is 0 Å². The van der Waals surface area contributed by atoms with Gasteiger partial charge in [-0.25, -0.2) is 4.79 Å². The van der Waals surface area contributed by atoms with Crippen molar-refractivity contribution < 1.29 is 29.0 Å². The minimum absolute atomic E-state index is 0.231. The molecule has 2 rings (SSSR count). The Hall–Kier alpha value is -4.03. The summed E-state index contributed by atoms with van der Waals surface area (Å²) >= 11 is 0. The van der Waals surface area contributed by atoms with Crippen LogP contribution in [0, 0.1) is 12.3 Å².